The number of fused-ring (bicyclic) bond motifs is 1. The first-order chi connectivity index (χ1) is 5.79. The molecule has 0 radical (unpaired) electrons. The highest BCUT2D eigenvalue weighted by Crippen LogP contribution is 2.29. The van der Waals surface area contributed by atoms with Crippen LogP contribution in [-0.4, -0.2) is 10.5 Å². The van der Waals surface area contributed by atoms with Crippen LogP contribution in [0.15, 0.2) is 18.2 Å². The molecule has 0 amide bonds. The van der Waals surface area contributed by atoms with Gasteiger partial charge in [-0.1, -0.05) is 40.3 Å². The highest BCUT2D eigenvalue weighted by atomic mass is 127. The van der Waals surface area contributed by atoms with Gasteiger partial charge in [-0.25, -0.2) is 0 Å². The number of benzene rings is 1. The molecule has 12 heavy (non-hydrogen) atoms. The molecule has 1 aliphatic heterocycles. The summed E-state index contributed by atoms with van der Waals surface area (Å²) in [6, 6.07) is 6.41. The van der Waals surface area contributed by atoms with Crippen molar-refractivity contribution in [1.82, 2.24) is 0 Å². The molecule has 1 heterocycles. The summed E-state index contributed by atoms with van der Waals surface area (Å²) in [5.41, 5.74) is 2.70. The van der Waals surface area contributed by atoms with Crippen molar-refractivity contribution in [3.63, 3.8) is 0 Å². The Morgan fingerprint density at radius 2 is 2.42 bits per heavy atom. The molecule has 0 spiro atoms. The van der Waals surface area contributed by atoms with E-state index < -0.39 is 0 Å². The van der Waals surface area contributed by atoms with E-state index in [1.54, 1.807) is 0 Å². The monoisotopic (exact) mass is 274 g/mol. The van der Waals surface area contributed by atoms with E-state index in [-0.39, 0.29) is 0 Å². The molecular weight excluding hydrogens is 263 g/mol. The second-order valence-corrected chi connectivity index (χ2v) is 4.09. The van der Waals surface area contributed by atoms with Crippen LogP contribution in [0.25, 0.3) is 0 Å². The van der Waals surface area contributed by atoms with Gasteiger partial charge in [0.1, 0.15) is 11.9 Å². The lowest BCUT2D eigenvalue weighted by molar-refractivity contribution is 0.262. The van der Waals surface area contributed by atoms with Crippen LogP contribution in [0.4, 0.5) is 0 Å². The fourth-order valence-electron chi connectivity index (χ4n) is 1.54. The topological polar surface area (TPSA) is 9.23 Å². The van der Waals surface area contributed by atoms with Crippen molar-refractivity contribution in [2.45, 2.75) is 19.4 Å². The smallest absolute Gasteiger partial charge is 0.123 e. The SMILES string of the molecule is Cc1ccc2c(c1)CC(CI)O2. The molecule has 1 aromatic rings. The Bertz CT molecular complexity index is 296. The molecule has 1 nitrogen and oxygen atoms in total. The van der Waals surface area contributed by atoms with Crippen molar-refractivity contribution < 1.29 is 4.74 Å². The van der Waals surface area contributed by atoms with Crippen LogP contribution in [0, 0.1) is 6.92 Å². The second-order valence-electron chi connectivity index (χ2n) is 3.21. The van der Waals surface area contributed by atoms with Crippen molar-refractivity contribution >= 4 is 22.6 Å². The molecular formula is C10H11IO. The van der Waals surface area contributed by atoms with Gasteiger partial charge in [-0.2, -0.15) is 0 Å². The molecule has 0 aromatic heterocycles. The van der Waals surface area contributed by atoms with Gasteiger partial charge in [-0.15, -0.1) is 0 Å². The molecule has 2 rings (SSSR count). The summed E-state index contributed by atoms with van der Waals surface area (Å²) in [6.07, 6.45) is 1.49. The van der Waals surface area contributed by atoms with Crippen LogP contribution in [0.3, 0.4) is 0 Å². The van der Waals surface area contributed by atoms with Gasteiger partial charge in [0, 0.05) is 10.8 Å². The Labute approximate surface area is 86.3 Å². The maximum atomic E-state index is 5.70. The predicted molar refractivity (Wildman–Crippen MR) is 58.2 cm³/mol. The van der Waals surface area contributed by atoms with Crippen molar-refractivity contribution in [1.29, 1.82) is 0 Å². The Morgan fingerprint density at radius 3 is 3.17 bits per heavy atom. The van der Waals surface area contributed by atoms with Gasteiger partial charge in [0.05, 0.1) is 0 Å². The maximum Gasteiger partial charge on any atom is 0.123 e. The van der Waals surface area contributed by atoms with Crippen LogP contribution in [0.1, 0.15) is 11.1 Å². The summed E-state index contributed by atoms with van der Waals surface area (Å²) in [6.45, 7) is 2.12. The van der Waals surface area contributed by atoms with E-state index in [2.05, 4.69) is 47.7 Å². The van der Waals surface area contributed by atoms with Crippen LogP contribution < -0.4 is 4.74 Å². The number of ether oxygens (including phenoxy) is 1. The fourth-order valence-corrected chi connectivity index (χ4v) is 2.03. The van der Waals surface area contributed by atoms with E-state index in [1.807, 2.05) is 0 Å². The normalized spacial score (nSPS) is 20.3. The first kappa shape index (κ1) is 8.35. The Kier molecular flexibility index (Phi) is 2.26. The third kappa shape index (κ3) is 1.44. The number of aryl methyl sites for hydroxylation is 1. The summed E-state index contributed by atoms with van der Waals surface area (Å²) in [5.74, 6) is 1.09. The number of alkyl halides is 1. The molecule has 0 N–H and O–H groups in total. The van der Waals surface area contributed by atoms with Gasteiger partial charge < -0.3 is 4.74 Å². The molecule has 0 aliphatic carbocycles. The fraction of sp³-hybridized carbons (Fsp3) is 0.400. The molecule has 1 atom stereocenters. The standard InChI is InChI=1S/C10H11IO/c1-7-2-3-10-8(4-7)5-9(6-11)12-10/h2-4,9H,5-6H2,1H3. The lowest BCUT2D eigenvalue weighted by atomic mass is 10.1. The number of halogens is 1. The highest BCUT2D eigenvalue weighted by molar-refractivity contribution is 14.1. The molecule has 1 aliphatic rings. The second kappa shape index (κ2) is 3.24. The third-order valence-electron chi connectivity index (χ3n) is 2.13. The van der Waals surface area contributed by atoms with Crippen LogP contribution in [0.5, 0.6) is 5.75 Å². The van der Waals surface area contributed by atoms with Crippen molar-refractivity contribution in [3.8, 4) is 5.75 Å². The van der Waals surface area contributed by atoms with Crippen LogP contribution >= 0.6 is 22.6 Å². The first-order valence-electron chi connectivity index (χ1n) is 4.12. The molecule has 64 valence electrons. The Morgan fingerprint density at radius 1 is 1.58 bits per heavy atom. The zero-order chi connectivity index (χ0) is 8.55. The van der Waals surface area contributed by atoms with Gasteiger partial charge in [-0.05, 0) is 18.6 Å². The van der Waals surface area contributed by atoms with Crippen molar-refractivity contribution in [2.24, 2.45) is 0 Å². The first-order valence-corrected chi connectivity index (χ1v) is 5.64. The minimum absolute atomic E-state index is 0.405. The zero-order valence-corrected chi connectivity index (χ0v) is 9.17. The largest absolute Gasteiger partial charge is 0.489 e. The van der Waals surface area contributed by atoms with Crippen molar-refractivity contribution in [3.05, 3.63) is 29.3 Å². The number of hydrogen-bond donors (Lipinski definition) is 0. The van der Waals surface area contributed by atoms with Gasteiger partial charge in [0.2, 0.25) is 0 Å². The Balaban J connectivity index is 2.30. The lowest BCUT2D eigenvalue weighted by Gasteiger charge is -2.04. The summed E-state index contributed by atoms with van der Waals surface area (Å²) < 4.78 is 6.78. The number of rotatable bonds is 1. The lowest BCUT2D eigenvalue weighted by Crippen LogP contribution is -2.13. The van der Waals surface area contributed by atoms with E-state index in [0.29, 0.717) is 6.10 Å². The maximum absolute atomic E-state index is 5.70. The average Bonchev–Trinajstić information content (AvgIpc) is 2.46. The van der Waals surface area contributed by atoms with Crippen LogP contribution in [0.2, 0.25) is 0 Å². The molecule has 1 unspecified atom stereocenters. The van der Waals surface area contributed by atoms with Gasteiger partial charge in [-0.3, -0.25) is 0 Å². The Hall–Kier alpha value is -0.250. The molecule has 0 fully saturated rings. The highest BCUT2D eigenvalue weighted by Gasteiger charge is 2.20. The van der Waals surface area contributed by atoms with E-state index in [4.69, 9.17) is 4.74 Å². The summed E-state index contributed by atoms with van der Waals surface area (Å²) in [5, 5.41) is 0. The average molecular weight is 274 g/mol. The van der Waals surface area contributed by atoms with E-state index >= 15 is 0 Å². The van der Waals surface area contributed by atoms with Gasteiger partial charge in [0.15, 0.2) is 0 Å². The molecule has 1 aromatic carbocycles. The van der Waals surface area contributed by atoms with Gasteiger partial charge >= 0.3 is 0 Å². The summed E-state index contributed by atoms with van der Waals surface area (Å²) in [7, 11) is 0. The van der Waals surface area contributed by atoms with Gasteiger partial charge in [0.25, 0.3) is 0 Å². The minimum atomic E-state index is 0.405. The van der Waals surface area contributed by atoms with Crippen molar-refractivity contribution in [2.75, 3.05) is 4.43 Å². The van der Waals surface area contributed by atoms with Crippen LogP contribution in [-0.2, 0) is 6.42 Å². The van der Waals surface area contributed by atoms with E-state index in [0.717, 1.165) is 16.6 Å². The summed E-state index contributed by atoms with van der Waals surface area (Å²) >= 11 is 2.37. The molecule has 2 heteroatoms. The van der Waals surface area contributed by atoms with E-state index in [1.165, 1.54) is 11.1 Å². The quantitative estimate of drug-likeness (QED) is 0.565. The molecule has 0 saturated carbocycles. The zero-order valence-electron chi connectivity index (χ0n) is 7.01. The minimum Gasteiger partial charge on any atom is -0.489 e. The van der Waals surface area contributed by atoms with E-state index in [9.17, 15) is 0 Å². The third-order valence-corrected chi connectivity index (χ3v) is 3.11. The molecule has 0 bridgehead atoms. The number of hydrogen-bond acceptors (Lipinski definition) is 1. The predicted octanol–water partition coefficient (Wildman–Crippen LogP) is 2.73. The summed E-state index contributed by atoms with van der Waals surface area (Å²) in [4.78, 5) is 0. The molecule has 0 saturated heterocycles.